The van der Waals surface area contributed by atoms with Crippen LogP contribution in [0.4, 0.5) is 0 Å². The van der Waals surface area contributed by atoms with E-state index in [1.807, 2.05) is 35.8 Å². The summed E-state index contributed by atoms with van der Waals surface area (Å²) in [6.45, 7) is 5.08. The van der Waals surface area contributed by atoms with Crippen LogP contribution in [0.2, 0.25) is 0 Å². The quantitative estimate of drug-likeness (QED) is 0.847. The maximum atomic E-state index is 12.8. The number of nitrogens with zero attached hydrogens (tertiary/aromatic N) is 1. The number of nitrogens with one attached hydrogen (secondary N) is 2. The first-order valence-corrected chi connectivity index (χ1v) is 9.46. The van der Waals surface area contributed by atoms with Crippen molar-refractivity contribution in [2.24, 2.45) is 5.92 Å². The van der Waals surface area contributed by atoms with Crippen molar-refractivity contribution in [2.45, 2.75) is 38.8 Å². The van der Waals surface area contributed by atoms with E-state index in [0.29, 0.717) is 24.8 Å². The van der Waals surface area contributed by atoms with E-state index in [1.165, 1.54) is 0 Å². The molecule has 5 nitrogen and oxygen atoms in total. The highest BCUT2D eigenvalue weighted by molar-refractivity contribution is 5.85. The number of carbonyl (C=O) groups is 1. The van der Waals surface area contributed by atoms with Gasteiger partial charge in [-0.1, -0.05) is 31.2 Å². The van der Waals surface area contributed by atoms with Crippen LogP contribution in [0, 0.1) is 5.92 Å². The van der Waals surface area contributed by atoms with Crippen LogP contribution in [0.5, 0.6) is 0 Å². The molecule has 1 saturated heterocycles. The Hall–Kier alpha value is -2.11. The van der Waals surface area contributed by atoms with Gasteiger partial charge in [-0.15, -0.1) is 12.4 Å². The molecule has 144 valence electrons. The Bertz CT molecular complexity index is 893. The summed E-state index contributed by atoms with van der Waals surface area (Å²) < 4.78 is 1.96. The predicted molar refractivity (Wildman–Crippen MR) is 109 cm³/mol. The smallest absolute Gasteiger partial charge is 0.251 e. The highest BCUT2D eigenvalue weighted by Crippen LogP contribution is 2.34. The van der Waals surface area contributed by atoms with Crippen LogP contribution in [-0.4, -0.2) is 23.6 Å². The summed E-state index contributed by atoms with van der Waals surface area (Å²) in [5, 5.41) is 6.43. The summed E-state index contributed by atoms with van der Waals surface area (Å²) in [6, 6.07) is 11.9. The summed E-state index contributed by atoms with van der Waals surface area (Å²) in [5.74, 6) is 0.994. The van der Waals surface area contributed by atoms with Gasteiger partial charge >= 0.3 is 0 Å². The van der Waals surface area contributed by atoms with Gasteiger partial charge in [-0.25, -0.2) is 0 Å². The van der Waals surface area contributed by atoms with E-state index in [1.54, 1.807) is 6.07 Å². The van der Waals surface area contributed by atoms with Gasteiger partial charge in [-0.3, -0.25) is 9.59 Å². The fourth-order valence-electron chi connectivity index (χ4n) is 4.23. The van der Waals surface area contributed by atoms with E-state index in [0.717, 1.165) is 48.4 Å². The van der Waals surface area contributed by atoms with Crippen LogP contribution < -0.4 is 16.2 Å². The van der Waals surface area contributed by atoms with Crippen molar-refractivity contribution in [1.29, 1.82) is 0 Å². The minimum Gasteiger partial charge on any atom is -0.352 e. The third-order valence-corrected chi connectivity index (χ3v) is 5.59. The topological polar surface area (TPSA) is 63.1 Å². The zero-order chi connectivity index (χ0) is 18.1. The fourth-order valence-corrected chi connectivity index (χ4v) is 4.23. The number of benzene rings is 1. The first-order chi connectivity index (χ1) is 12.7. The highest BCUT2D eigenvalue weighted by Gasteiger charge is 2.31. The summed E-state index contributed by atoms with van der Waals surface area (Å²) in [5.41, 5.74) is 4.24. The summed E-state index contributed by atoms with van der Waals surface area (Å²) >= 11 is 0. The molecule has 1 amide bonds. The molecule has 3 heterocycles. The Labute approximate surface area is 165 Å². The van der Waals surface area contributed by atoms with Crippen molar-refractivity contribution in [3.05, 3.63) is 58.0 Å². The predicted octanol–water partition coefficient (Wildman–Crippen LogP) is 2.67. The molecular weight excluding hydrogens is 362 g/mol. The van der Waals surface area contributed by atoms with E-state index >= 15 is 0 Å². The molecule has 0 spiro atoms. The zero-order valence-corrected chi connectivity index (χ0v) is 16.3. The number of aromatic nitrogens is 1. The van der Waals surface area contributed by atoms with Crippen molar-refractivity contribution in [2.75, 3.05) is 13.1 Å². The van der Waals surface area contributed by atoms with Crippen LogP contribution >= 0.6 is 12.4 Å². The van der Waals surface area contributed by atoms with E-state index < -0.39 is 0 Å². The first-order valence-electron chi connectivity index (χ1n) is 9.46. The maximum absolute atomic E-state index is 12.8. The molecule has 2 N–H and O–H groups in total. The van der Waals surface area contributed by atoms with E-state index in [9.17, 15) is 9.59 Å². The lowest BCUT2D eigenvalue weighted by atomic mass is 9.83. The number of hydrogen-bond donors (Lipinski definition) is 2. The second-order valence-electron chi connectivity index (χ2n) is 7.36. The molecular formula is C21H26ClN3O2. The molecule has 2 aliphatic rings. The molecule has 6 heteroatoms. The van der Waals surface area contributed by atoms with Crippen molar-refractivity contribution >= 4 is 18.3 Å². The molecule has 0 aliphatic carbocycles. The van der Waals surface area contributed by atoms with Crippen LogP contribution in [-0.2, 0) is 17.9 Å². The number of halogens is 1. The summed E-state index contributed by atoms with van der Waals surface area (Å²) in [6.07, 6.45) is 1.63. The third kappa shape index (κ3) is 3.94. The molecule has 2 aromatic rings. The first kappa shape index (κ1) is 19.6. The maximum Gasteiger partial charge on any atom is 0.251 e. The molecule has 4 rings (SSSR count). The number of hydrogen-bond acceptors (Lipinski definition) is 3. The van der Waals surface area contributed by atoms with Gasteiger partial charge in [0.2, 0.25) is 5.91 Å². The van der Waals surface area contributed by atoms with E-state index in [2.05, 4.69) is 16.7 Å². The second kappa shape index (κ2) is 8.28. The van der Waals surface area contributed by atoms with E-state index in [-0.39, 0.29) is 23.9 Å². The average Bonchev–Trinajstić information content (AvgIpc) is 2.67. The number of piperidine rings is 1. The normalized spacial score (nSPS) is 20.3. The Morgan fingerprint density at radius 3 is 2.89 bits per heavy atom. The summed E-state index contributed by atoms with van der Waals surface area (Å²) in [4.78, 5) is 24.4. The van der Waals surface area contributed by atoms with E-state index in [4.69, 9.17) is 0 Å². The number of pyridine rings is 1. The molecule has 27 heavy (non-hydrogen) atoms. The SMILES string of the molecule is CCC(=O)NCc1ccccc1-c1cc2n(c(=O)c1)C[C@@H]1CNC[C@H]2C1.Cl. The van der Waals surface area contributed by atoms with Crippen molar-refractivity contribution < 1.29 is 4.79 Å². The lowest BCUT2D eigenvalue weighted by molar-refractivity contribution is -0.120. The third-order valence-electron chi connectivity index (χ3n) is 5.59. The van der Waals surface area contributed by atoms with Crippen molar-refractivity contribution in [3.8, 4) is 11.1 Å². The summed E-state index contributed by atoms with van der Waals surface area (Å²) in [7, 11) is 0. The molecule has 1 aromatic carbocycles. The van der Waals surface area contributed by atoms with Gasteiger partial charge in [0.05, 0.1) is 0 Å². The van der Waals surface area contributed by atoms with Gasteiger partial charge in [0.25, 0.3) is 5.56 Å². The zero-order valence-electron chi connectivity index (χ0n) is 15.5. The Kier molecular flexibility index (Phi) is 6.02. The Morgan fingerprint density at radius 2 is 2.07 bits per heavy atom. The van der Waals surface area contributed by atoms with Gasteiger partial charge in [-0.05, 0) is 41.6 Å². The van der Waals surface area contributed by atoms with Crippen LogP contribution in [0.25, 0.3) is 11.1 Å². The van der Waals surface area contributed by atoms with Crippen LogP contribution in [0.15, 0.2) is 41.2 Å². The molecule has 0 unspecified atom stereocenters. The molecule has 2 bridgehead atoms. The Morgan fingerprint density at radius 1 is 1.26 bits per heavy atom. The lowest BCUT2D eigenvalue weighted by Crippen LogP contribution is -2.44. The number of amides is 1. The monoisotopic (exact) mass is 387 g/mol. The van der Waals surface area contributed by atoms with Crippen LogP contribution in [0.1, 0.15) is 36.9 Å². The van der Waals surface area contributed by atoms with Crippen LogP contribution in [0.3, 0.4) is 0 Å². The van der Waals surface area contributed by atoms with Gasteiger partial charge in [0.15, 0.2) is 0 Å². The Balaban J connectivity index is 0.00000210. The van der Waals surface area contributed by atoms with Gasteiger partial charge in [0, 0.05) is 43.7 Å². The minimum absolute atomic E-state index is 0. The molecule has 0 saturated carbocycles. The van der Waals surface area contributed by atoms with Gasteiger partial charge in [0.1, 0.15) is 0 Å². The average molecular weight is 388 g/mol. The van der Waals surface area contributed by atoms with Crippen molar-refractivity contribution in [3.63, 3.8) is 0 Å². The largest absolute Gasteiger partial charge is 0.352 e. The number of fused-ring (bicyclic) bond motifs is 4. The minimum atomic E-state index is 0. The molecule has 2 aliphatic heterocycles. The molecule has 0 radical (unpaired) electrons. The number of carbonyl (C=O) groups excluding carboxylic acids is 1. The lowest BCUT2D eigenvalue weighted by Gasteiger charge is -2.37. The standard InChI is InChI=1S/C21H25N3O2.ClH/c1-2-20(25)23-12-15-5-3-4-6-18(15)16-8-19-17-7-14(10-22-11-17)13-24(19)21(26)9-16;/h3-6,8-9,14,17,22H,2,7,10-13H2,1H3,(H,23,25);1H/t14-,17+;/m0./s1. The fraction of sp³-hybridized carbons (Fsp3) is 0.429. The molecule has 2 atom stereocenters. The van der Waals surface area contributed by atoms with Gasteiger partial charge < -0.3 is 15.2 Å². The number of rotatable bonds is 4. The molecule has 1 fully saturated rings. The second-order valence-corrected chi connectivity index (χ2v) is 7.36. The van der Waals surface area contributed by atoms with Crippen molar-refractivity contribution in [1.82, 2.24) is 15.2 Å². The molecule has 1 aromatic heterocycles. The van der Waals surface area contributed by atoms with Gasteiger partial charge in [-0.2, -0.15) is 0 Å². The highest BCUT2D eigenvalue weighted by atomic mass is 35.5.